The number of piperidine rings is 1. The predicted molar refractivity (Wildman–Crippen MR) is 84.4 cm³/mol. The summed E-state index contributed by atoms with van der Waals surface area (Å²) < 4.78 is 10.5. The number of methoxy groups -OCH3 is 1. The van der Waals surface area contributed by atoms with Gasteiger partial charge in [0.15, 0.2) is 5.56 Å². The van der Waals surface area contributed by atoms with E-state index >= 15 is 0 Å². The minimum atomic E-state index is -0.575. The molecule has 114 valence electrons. The molecule has 1 aromatic carbocycles. The quantitative estimate of drug-likeness (QED) is 0.797. The van der Waals surface area contributed by atoms with Gasteiger partial charge in [0.05, 0.1) is 12.8 Å². The van der Waals surface area contributed by atoms with Gasteiger partial charge in [-0.15, -0.1) is 0 Å². The van der Waals surface area contributed by atoms with Crippen LogP contribution in [-0.2, 0) is 0 Å². The Morgan fingerprint density at radius 3 is 2.73 bits per heavy atom. The first-order valence-electron chi connectivity index (χ1n) is 7.44. The third-order valence-corrected chi connectivity index (χ3v) is 4.30. The monoisotopic (exact) mass is 298 g/mol. The lowest BCUT2D eigenvalue weighted by Crippen LogP contribution is -2.34. The Balaban J connectivity index is 2.24. The Bertz CT molecular complexity index is 796. The first-order chi connectivity index (χ1) is 10.6. The lowest BCUT2D eigenvalue weighted by atomic mass is 9.97. The SMILES string of the molecule is COc1ccc2oc(=O)c(C#N)c(N3CCC(C)CC3)c2c1. The minimum Gasteiger partial charge on any atom is -0.497 e. The summed E-state index contributed by atoms with van der Waals surface area (Å²) in [4.78, 5) is 14.2. The first kappa shape index (κ1) is 14.5. The van der Waals surface area contributed by atoms with Crippen molar-refractivity contribution in [3.8, 4) is 11.8 Å². The number of nitriles is 1. The van der Waals surface area contributed by atoms with Crippen molar-refractivity contribution in [2.75, 3.05) is 25.1 Å². The van der Waals surface area contributed by atoms with E-state index in [9.17, 15) is 10.1 Å². The third kappa shape index (κ3) is 2.41. The van der Waals surface area contributed by atoms with Crippen molar-refractivity contribution < 1.29 is 9.15 Å². The van der Waals surface area contributed by atoms with Crippen molar-refractivity contribution in [3.05, 3.63) is 34.2 Å². The highest BCUT2D eigenvalue weighted by molar-refractivity contribution is 5.94. The lowest BCUT2D eigenvalue weighted by molar-refractivity contribution is 0.415. The molecule has 0 atom stereocenters. The molecule has 2 heterocycles. The van der Waals surface area contributed by atoms with Crippen LogP contribution in [0.2, 0.25) is 0 Å². The summed E-state index contributed by atoms with van der Waals surface area (Å²) in [6.07, 6.45) is 2.10. The maximum atomic E-state index is 12.1. The molecule has 3 rings (SSSR count). The van der Waals surface area contributed by atoms with Crippen molar-refractivity contribution in [2.24, 2.45) is 5.92 Å². The largest absolute Gasteiger partial charge is 0.497 e. The zero-order valence-electron chi connectivity index (χ0n) is 12.8. The van der Waals surface area contributed by atoms with Crippen LogP contribution in [0.4, 0.5) is 5.69 Å². The number of hydrogen-bond donors (Lipinski definition) is 0. The van der Waals surface area contributed by atoms with Crippen LogP contribution in [0.5, 0.6) is 5.75 Å². The van der Waals surface area contributed by atoms with E-state index in [1.165, 1.54) is 0 Å². The molecule has 1 aliphatic rings. The second-order valence-corrected chi connectivity index (χ2v) is 5.76. The highest BCUT2D eigenvalue weighted by Gasteiger charge is 2.24. The summed E-state index contributed by atoms with van der Waals surface area (Å²) in [6, 6.07) is 7.30. The molecule has 22 heavy (non-hydrogen) atoms. The van der Waals surface area contributed by atoms with E-state index in [0.29, 0.717) is 22.9 Å². The molecule has 1 aromatic heterocycles. The van der Waals surface area contributed by atoms with Crippen molar-refractivity contribution in [1.82, 2.24) is 0 Å². The summed E-state index contributed by atoms with van der Waals surface area (Å²) in [5.74, 6) is 1.35. The molecule has 0 saturated carbocycles. The zero-order chi connectivity index (χ0) is 15.7. The van der Waals surface area contributed by atoms with Crippen LogP contribution >= 0.6 is 0 Å². The molecule has 1 fully saturated rings. The molecule has 0 bridgehead atoms. The second-order valence-electron chi connectivity index (χ2n) is 5.76. The summed E-state index contributed by atoms with van der Waals surface area (Å²) in [7, 11) is 1.59. The fourth-order valence-corrected chi connectivity index (χ4v) is 2.95. The predicted octanol–water partition coefficient (Wildman–Crippen LogP) is 2.91. The number of benzene rings is 1. The Hall–Kier alpha value is -2.48. The van der Waals surface area contributed by atoms with Gasteiger partial charge in [0.1, 0.15) is 17.4 Å². The average molecular weight is 298 g/mol. The summed E-state index contributed by atoms with van der Waals surface area (Å²) in [6.45, 7) is 3.90. The van der Waals surface area contributed by atoms with Gasteiger partial charge in [-0.2, -0.15) is 5.26 Å². The smallest absolute Gasteiger partial charge is 0.356 e. The van der Waals surface area contributed by atoms with Crippen LogP contribution in [0.3, 0.4) is 0 Å². The van der Waals surface area contributed by atoms with Crippen LogP contribution < -0.4 is 15.3 Å². The number of rotatable bonds is 2. The van der Waals surface area contributed by atoms with E-state index in [-0.39, 0.29) is 5.56 Å². The highest BCUT2D eigenvalue weighted by atomic mass is 16.5. The molecule has 0 unspecified atom stereocenters. The Morgan fingerprint density at radius 2 is 2.09 bits per heavy atom. The van der Waals surface area contributed by atoms with Gasteiger partial charge in [-0.25, -0.2) is 4.79 Å². The number of ether oxygens (including phenoxy) is 1. The van der Waals surface area contributed by atoms with Crippen molar-refractivity contribution >= 4 is 16.7 Å². The summed E-state index contributed by atoms with van der Waals surface area (Å²) >= 11 is 0. The maximum Gasteiger partial charge on any atom is 0.356 e. The molecule has 1 aliphatic heterocycles. The standard InChI is InChI=1S/C17H18N2O3/c1-11-5-7-19(8-6-11)16-13-9-12(21-2)3-4-15(13)22-17(20)14(16)10-18/h3-4,9,11H,5-8H2,1-2H3. The van der Waals surface area contributed by atoms with E-state index in [1.54, 1.807) is 19.2 Å². The van der Waals surface area contributed by atoms with Gasteiger partial charge >= 0.3 is 5.63 Å². The highest BCUT2D eigenvalue weighted by Crippen LogP contribution is 2.33. The minimum absolute atomic E-state index is 0.0790. The molecule has 5 nitrogen and oxygen atoms in total. The van der Waals surface area contributed by atoms with Crippen LogP contribution in [0.15, 0.2) is 27.4 Å². The van der Waals surface area contributed by atoms with Gasteiger partial charge in [0, 0.05) is 18.5 Å². The Kier molecular flexibility index (Phi) is 3.76. The average Bonchev–Trinajstić information content (AvgIpc) is 2.54. The van der Waals surface area contributed by atoms with Crippen molar-refractivity contribution in [1.29, 1.82) is 5.26 Å². The fourth-order valence-electron chi connectivity index (χ4n) is 2.95. The third-order valence-electron chi connectivity index (χ3n) is 4.30. The number of nitrogens with zero attached hydrogens (tertiary/aromatic N) is 2. The van der Waals surface area contributed by atoms with Crippen LogP contribution in [0.25, 0.3) is 11.0 Å². The van der Waals surface area contributed by atoms with Gasteiger partial charge in [0.2, 0.25) is 0 Å². The van der Waals surface area contributed by atoms with Crippen LogP contribution in [0, 0.1) is 17.2 Å². The molecular weight excluding hydrogens is 280 g/mol. The molecule has 0 spiro atoms. The number of fused-ring (bicyclic) bond motifs is 1. The number of hydrogen-bond acceptors (Lipinski definition) is 5. The fraction of sp³-hybridized carbons (Fsp3) is 0.412. The Labute approximate surface area is 128 Å². The molecule has 0 amide bonds. The van der Waals surface area contributed by atoms with E-state index in [4.69, 9.17) is 9.15 Å². The summed E-state index contributed by atoms with van der Waals surface area (Å²) in [5.41, 5.74) is 0.669. The zero-order valence-corrected chi connectivity index (χ0v) is 12.8. The molecule has 0 N–H and O–H groups in total. The van der Waals surface area contributed by atoms with Crippen molar-refractivity contribution in [2.45, 2.75) is 19.8 Å². The van der Waals surface area contributed by atoms with E-state index in [1.807, 2.05) is 12.1 Å². The lowest BCUT2D eigenvalue weighted by Gasteiger charge is -2.33. The van der Waals surface area contributed by atoms with E-state index < -0.39 is 5.63 Å². The van der Waals surface area contributed by atoms with Gasteiger partial charge < -0.3 is 14.1 Å². The molecule has 0 aliphatic carbocycles. The van der Waals surface area contributed by atoms with Crippen LogP contribution in [0.1, 0.15) is 25.3 Å². The molecule has 1 saturated heterocycles. The topological polar surface area (TPSA) is 66.5 Å². The number of anilines is 1. The maximum absolute atomic E-state index is 12.1. The van der Waals surface area contributed by atoms with Gasteiger partial charge in [-0.05, 0) is 37.0 Å². The van der Waals surface area contributed by atoms with E-state index in [2.05, 4.69) is 11.8 Å². The first-order valence-corrected chi connectivity index (χ1v) is 7.44. The molecule has 2 aromatic rings. The molecule has 5 heteroatoms. The molecular formula is C17H18N2O3. The summed E-state index contributed by atoms with van der Waals surface area (Å²) in [5, 5.41) is 10.2. The second kappa shape index (κ2) is 5.72. The Morgan fingerprint density at radius 1 is 1.36 bits per heavy atom. The van der Waals surface area contributed by atoms with E-state index in [0.717, 1.165) is 31.3 Å². The van der Waals surface area contributed by atoms with Crippen molar-refractivity contribution in [3.63, 3.8) is 0 Å². The normalized spacial score (nSPS) is 15.8. The van der Waals surface area contributed by atoms with Gasteiger partial charge in [-0.1, -0.05) is 6.92 Å². The van der Waals surface area contributed by atoms with Crippen LogP contribution in [-0.4, -0.2) is 20.2 Å². The van der Waals surface area contributed by atoms with Gasteiger partial charge in [0.25, 0.3) is 0 Å². The molecule has 0 radical (unpaired) electrons. The van der Waals surface area contributed by atoms with Gasteiger partial charge in [-0.3, -0.25) is 0 Å².